The zero-order chi connectivity index (χ0) is 13.9. The third-order valence-electron chi connectivity index (χ3n) is 3.48. The fourth-order valence-corrected chi connectivity index (χ4v) is 2.98. The van der Waals surface area contributed by atoms with Crippen LogP contribution in [-0.2, 0) is 0 Å². The van der Waals surface area contributed by atoms with Crippen molar-refractivity contribution in [3.05, 3.63) is 46.7 Å². The minimum Gasteiger partial charge on any atom is -0.368 e. The number of nitrogens with one attached hydrogen (secondary N) is 2. The van der Waals surface area contributed by atoms with E-state index in [-0.39, 0.29) is 11.9 Å². The first-order valence-corrected chi connectivity index (χ1v) is 7.32. The van der Waals surface area contributed by atoms with Crippen molar-refractivity contribution < 1.29 is 4.79 Å². The highest BCUT2D eigenvalue weighted by atomic mass is 79.9. The molecule has 0 saturated carbocycles. The maximum Gasteiger partial charge on any atom is 0.254 e. The molecule has 1 saturated heterocycles. The molecule has 5 nitrogen and oxygen atoms in total. The summed E-state index contributed by atoms with van der Waals surface area (Å²) < 4.78 is 1.09. The van der Waals surface area contributed by atoms with Crippen LogP contribution in [0.15, 0.2) is 41.1 Å². The molecule has 2 N–H and O–H groups in total. The Morgan fingerprint density at radius 1 is 1.45 bits per heavy atom. The Labute approximate surface area is 125 Å². The Morgan fingerprint density at radius 2 is 2.30 bits per heavy atom. The van der Waals surface area contributed by atoms with Gasteiger partial charge in [0.05, 0.1) is 17.4 Å². The highest BCUT2D eigenvalue weighted by molar-refractivity contribution is 9.10. The quantitative estimate of drug-likeness (QED) is 0.904. The minimum atomic E-state index is -0.0715. The molecule has 1 aromatic carbocycles. The molecule has 0 aliphatic carbocycles. The molecule has 104 valence electrons. The number of rotatable bonds is 3. The van der Waals surface area contributed by atoms with Crippen LogP contribution in [0.4, 0.5) is 5.69 Å². The Bertz CT molecular complexity index is 599. The molecule has 3 rings (SSSR count). The summed E-state index contributed by atoms with van der Waals surface area (Å²) in [5.41, 5.74) is 1.75. The third kappa shape index (κ3) is 2.70. The fraction of sp³-hybridized carbons (Fsp3) is 0.286. The Kier molecular flexibility index (Phi) is 3.73. The number of aromatic amines is 1. The molecule has 0 spiro atoms. The van der Waals surface area contributed by atoms with Crippen molar-refractivity contribution in [3.63, 3.8) is 0 Å². The lowest BCUT2D eigenvalue weighted by Gasteiger charge is -2.20. The van der Waals surface area contributed by atoms with Crippen LogP contribution in [0.1, 0.15) is 16.8 Å². The van der Waals surface area contributed by atoms with E-state index in [2.05, 4.69) is 42.4 Å². The van der Waals surface area contributed by atoms with Gasteiger partial charge in [-0.25, -0.2) is 0 Å². The van der Waals surface area contributed by atoms with Crippen LogP contribution in [0.5, 0.6) is 0 Å². The number of anilines is 1. The minimum absolute atomic E-state index is 0.0715. The maximum absolute atomic E-state index is 12.0. The van der Waals surface area contributed by atoms with Gasteiger partial charge in [0.1, 0.15) is 0 Å². The van der Waals surface area contributed by atoms with Gasteiger partial charge in [-0.3, -0.25) is 9.89 Å². The molecule has 1 aromatic heterocycles. The molecule has 0 radical (unpaired) electrons. The van der Waals surface area contributed by atoms with Gasteiger partial charge < -0.3 is 10.2 Å². The lowest BCUT2D eigenvalue weighted by Crippen LogP contribution is -2.37. The summed E-state index contributed by atoms with van der Waals surface area (Å²) in [5.74, 6) is -0.0715. The molecule has 1 fully saturated rings. The Hall–Kier alpha value is -1.82. The summed E-state index contributed by atoms with van der Waals surface area (Å²) >= 11 is 3.57. The number of amides is 1. The smallest absolute Gasteiger partial charge is 0.254 e. The normalized spacial score (nSPS) is 18.2. The number of para-hydroxylation sites is 1. The molecule has 2 heterocycles. The van der Waals surface area contributed by atoms with Gasteiger partial charge in [0.15, 0.2) is 0 Å². The first kappa shape index (κ1) is 13.2. The summed E-state index contributed by atoms with van der Waals surface area (Å²) in [6.45, 7) is 1.77. The molecule has 1 atom stereocenters. The topological polar surface area (TPSA) is 61.0 Å². The lowest BCUT2D eigenvalue weighted by molar-refractivity contribution is 0.0940. The van der Waals surface area contributed by atoms with Crippen molar-refractivity contribution >= 4 is 27.5 Å². The molecule has 0 bridgehead atoms. The van der Waals surface area contributed by atoms with Crippen LogP contribution < -0.4 is 10.2 Å². The third-order valence-corrected chi connectivity index (χ3v) is 4.15. The lowest BCUT2D eigenvalue weighted by atomic mass is 10.2. The number of carbonyl (C=O) groups excluding carboxylic acids is 1. The fourth-order valence-electron chi connectivity index (χ4n) is 2.45. The molecule has 1 aliphatic rings. The van der Waals surface area contributed by atoms with E-state index >= 15 is 0 Å². The van der Waals surface area contributed by atoms with Crippen molar-refractivity contribution in [1.82, 2.24) is 15.5 Å². The first-order chi connectivity index (χ1) is 9.74. The average molecular weight is 335 g/mol. The molecule has 6 heteroatoms. The predicted octanol–water partition coefficient (Wildman–Crippen LogP) is 2.18. The van der Waals surface area contributed by atoms with Crippen LogP contribution in [-0.4, -0.2) is 35.2 Å². The zero-order valence-electron chi connectivity index (χ0n) is 10.8. The molecule has 1 amide bonds. The van der Waals surface area contributed by atoms with Gasteiger partial charge in [-0.2, -0.15) is 5.10 Å². The summed E-state index contributed by atoms with van der Waals surface area (Å²) in [6.07, 6.45) is 4.09. The maximum atomic E-state index is 12.0. The van der Waals surface area contributed by atoms with Crippen molar-refractivity contribution in [1.29, 1.82) is 0 Å². The van der Waals surface area contributed by atoms with E-state index in [1.54, 1.807) is 6.20 Å². The van der Waals surface area contributed by atoms with Gasteiger partial charge in [0.25, 0.3) is 5.91 Å². The number of nitrogens with zero attached hydrogens (tertiary/aromatic N) is 2. The number of hydrogen-bond donors (Lipinski definition) is 2. The monoisotopic (exact) mass is 334 g/mol. The van der Waals surface area contributed by atoms with Crippen molar-refractivity contribution in [2.75, 3.05) is 18.0 Å². The van der Waals surface area contributed by atoms with E-state index in [9.17, 15) is 4.79 Å². The Balaban J connectivity index is 1.63. The number of halogens is 1. The van der Waals surface area contributed by atoms with Crippen molar-refractivity contribution in [2.45, 2.75) is 12.5 Å². The number of benzene rings is 1. The molecule has 0 unspecified atom stereocenters. The number of hydrogen-bond acceptors (Lipinski definition) is 3. The SMILES string of the molecule is O=C(N[C@@H]1CCN(c2ccccc2Br)C1)c1cn[nH]c1. The van der Waals surface area contributed by atoms with Gasteiger partial charge in [-0.1, -0.05) is 12.1 Å². The molecular formula is C14H15BrN4O. The second kappa shape index (κ2) is 5.66. The van der Waals surface area contributed by atoms with Crippen LogP contribution in [0, 0.1) is 0 Å². The standard InChI is InChI=1S/C14H15BrN4O/c15-12-3-1-2-4-13(12)19-6-5-11(9-19)18-14(20)10-7-16-17-8-10/h1-4,7-8,11H,5-6,9H2,(H,16,17)(H,18,20)/t11-/m1/s1. The molecule has 1 aliphatic heterocycles. The second-order valence-electron chi connectivity index (χ2n) is 4.84. The highest BCUT2D eigenvalue weighted by Crippen LogP contribution is 2.28. The van der Waals surface area contributed by atoms with E-state index in [1.807, 2.05) is 18.2 Å². The Morgan fingerprint density at radius 3 is 3.05 bits per heavy atom. The van der Waals surface area contributed by atoms with Crippen LogP contribution >= 0.6 is 15.9 Å². The summed E-state index contributed by atoms with van der Waals surface area (Å²) in [6, 6.07) is 8.32. The van der Waals surface area contributed by atoms with Gasteiger partial charge >= 0.3 is 0 Å². The van der Waals surface area contributed by atoms with Crippen LogP contribution in [0.2, 0.25) is 0 Å². The number of aromatic nitrogens is 2. The van der Waals surface area contributed by atoms with E-state index in [1.165, 1.54) is 11.9 Å². The van der Waals surface area contributed by atoms with Crippen molar-refractivity contribution in [3.8, 4) is 0 Å². The summed E-state index contributed by atoms with van der Waals surface area (Å²) in [7, 11) is 0. The van der Waals surface area contributed by atoms with Gasteiger partial charge in [-0.15, -0.1) is 0 Å². The largest absolute Gasteiger partial charge is 0.368 e. The van der Waals surface area contributed by atoms with E-state index in [4.69, 9.17) is 0 Å². The highest BCUT2D eigenvalue weighted by Gasteiger charge is 2.25. The molecule has 2 aromatic rings. The summed E-state index contributed by atoms with van der Waals surface area (Å²) in [5, 5.41) is 9.48. The molecular weight excluding hydrogens is 320 g/mol. The van der Waals surface area contributed by atoms with Crippen molar-refractivity contribution in [2.24, 2.45) is 0 Å². The molecule has 20 heavy (non-hydrogen) atoms. The van der Waals surface area contributed by atoms with E-state index in [0.29, 0.717) is 5.56 Å². The van der Waals surface area contributed by atoms with Crippen LogP contribution in [0.25, 0.3) is 0 Å². The van der Waals surface area contributed by atoms with E-state index < -0.39 is 0 Å². The zero-order valence-corrected chi connectivity index (χ0v) is 12.4. The van der Waals surface area contributed by atoms with Gasteiger partial charge in [0, 0.05) is 29.8 Å². The number of carbonyl (C=O) groups is 1. The second-order valence-corrected chi connectivity index (χ2v) is 5.70. The van der Waals surface area contributed by atoms with E-state index in [0.717, 1.165) is 24.0 Å². The number of H-pyrrole nitrogens is 1. The predicted molar refractivity (Wildman–Crippen MR) is 80.8 cm³/mol. The van der Waals surface area contributed by atoms with Gasteiger partial charge in [-0.05, 0) is 34.5 Å². The van der Waals surface area contributed by atoms with Gasteiger partial charge in [0.2, 0.25) is 0 Å². The first-order valence-electron chi connectivity index (χ1n) is 6.53. The van der Waals surface area contributed by atoms with Crippen LogP contribution in [0.3, 0.4) is 0 Å². The summed E-state index contributed by atoms with van der Waals surface area (Å²) in [4.78, 5) is 14.3. The average Bonchev–Trinajstić information content (AvgIpc) is 3.10.